The van der Waals surface area contributed by atoms with Crippen molar-refractivity contribution in [2.45, 2.75) is 13.3 Å². The maximum atomic E-state index is 11.3. The van der Waals surface area contributed by atoms with Gasteiger partial charge in [0.05, 0.1) is 6.54 Å². The average Bonchev–Trinajstić information content (AvgIpc) is 2.16. The summed E-state index contributed by atoms with van der Waals surface area (Å²) < 4.78 is 0. The topological polar surface area (TPSA) is 49.4 Å². The summed E-state index contributed by atoms with van der Waals surface area (Å²) in [5.41, 5.74) is 0. The second kappa shape index (κ2) is 4.21. The highest BCUT2D eigenvalue weighted by Gasteiger charge is 2.16. The lowest BCUT2D eigenvalue weighted by Gasteiger charge is -2.17. The molecule has 1 heterocycles. The quantitative estimate of drug-likeness (QED) is 0.602. The Hall–Kier alpha value is -0.900. The van der Waals surface area contributed by atoms with E-state index in [4.69, 9.17) is 0 Å². The summed E-state index contributed by atoms with van der Waals surface area (Å²) in [5, 5.41) is 3.11. The summed E-state index contributed by atoms with van der Waals surface area (Å²) >= 11 is 0. The van der Waals surface area contributed by atoms with E-state index in [2.05, 4.69) is 5.32 Å². The van der Waals surface area contributed by atoms with E-state index in [0.29, 0.717) is 13.0 Å². The number of nitrogens with one attached hydrogen (secondary N) is 1. The maximum Gasteiger partial charge on any atom is 0.224 e. The predicted octanol–water partition coefficient (Wildman–Crippen LogP) is -0.603. The molecule has 1 aliphatic heterocycles. The first kappa shape index (κ1) is 9.19. The molecule has 0 aromatic rings. The van der Waals surface area contributed by atoms with Crippen LogP contribution in [0.5, 0.6) is 0 Å². The van der Waals surface area contributed by atoms with Crippen molar-refractivity contribution < 1.29 is 9.59 Å². The number of rotatable bonds is 2. The monoisotopic (exact) mass is 170 g/mol. The van der Waals surface area contributed by atoms with Gasteiger partial charge in [-0.1, -0.05) is 0 Å². The molecular formula is C8H14N2O2. The van der Waals surface area contributed by atoms with E-state index in [-0.39, 0.29) is 18.2 Å². The van der Waals surface area contributed by atoms with Gasteiger partial charge in [0.1, 0.15) is 5.78 Å². The highest BCUT2D eigenvalue weighted by molar-refractivity contribution is 5.84. The number of Topliss-reactive ketones (excluding diaryl/α,β-unsaturated/α-hetero) is 1. The van der Waals surface area contributed by atoms with Gasteiger partial charge >= 0.3 is 0 Å². The second-order valence-corrected chi connectivity index (χ2v) is 3.02. The first-order valence-electron chi connectivity index (χ1n) is 4.18. The van der Waals surface area contributed by atoms with Gasteiger partial charge < -0.3 is 10.2 Å². The number of hydrogen-bond acceptors (Lipinski definition) is 3. The zero-order chi connectivity index (χ0) is 8.97. The van der Waals surface area contributed by atoms with E-state index < -0.39 is 0 Å². The summed E-state index contributed by atoms with van der Waals surface area (Å²) in [6.07, 6.45) is 0.507. The van der Waals surface area contributed by atoms with Crippen LogP contribution in [0.25, 0.3) is 0 Å². The fraction of sp³-hybridized carbons (Fsp3) is 0.750. The minimum atomic E-state index is 0.0465. The average molecular weight is 170 g/mol. The molecular weight excluding hydrogens is 156 g/mol. The largest absolute Gasteiger partial charge is 0.334 e. The zero-order valence-electron chi connectivity index (χ0n) is 7.30. The van der Waals surface area contributed by atoms with Crippen molar-refractivity contribution in [3.8, 4) is 0 Å². The lowest BCUT2D eigenvalue weighted by molar-refractivity contribution is -0.134. The zero-order valence-corrected chi connectivity index (χ0v) is 7.30. The molecule has 68 valence electrons. The van der Waals surface area contributed by atoms with Crippen LogP contribution in [0.4, 0.5) is 0 Å². The Balaban J connectivity index is 2.47. The highest BCUT2D eigenvalue weighted by atomic mass is 16.2. The molecule has 0 aliphatic carbocycles. The number of ketones is 1. The molecule has 1 rings (SSSR count). The molecule has 0 radical (unpaired) electrons. The third kappa shape index (κ3) is 2.62. The molecule has 0 spiro atoms. The molecule has 0 atom stereocenters. The fourth-order valence-corrected chi connectivity index (χ4v) is 1.25. The SMILES string of the molecule is CC(=O)CN1CCNCCC1=O. The first-order valence-corrected chi connectivity index (χ1v) is 4.18. The van der Waals surface area contributed by atoms with Crippen LogP contribution in [-0.4, -0.2) is 42.8 Å². The van der Waals surface area contributed by atoms with Gasteiger partial charge in [-0.25, -0.2) is 0 Å². The summed E-state index contributed by atoms with van der Waals surface area (Å²) in [7, 11) is 0. The first-order chi connectivity index (χ1) is 5.70. The summed E-state index contributed by atoms with van der Waals surface area (Å²) in [6, 6.07) is 0. The molecule has 1 aliphatic rings. The fourth-order valence-electron chi connectivity index (χ4n) is 1.25. The van der Waals surface area contributed by atoms with Crippen LogP contribution in [0, 0.1) is 0 Å². The van der Waals surface area contributed by atoms with Crippen LogP contribution in [0.2, 0.25) is 0 Å². The van der Waals surface area contributed by atoms with Crippen molar-refractivity contribution in [1.29, 1.82) is 0 Å². The number of amides is 1. The Kier molecular flexibility index (Phi) is 3.22. The number of nitrogens with zero attached hydrogens (tertiary/aromatic N) is 1. The molecule has 1 fully saturated rings. The summed E-state index contributed by atoms with van der Waals surface area (Å²) in [5.74, 6) is 0.125. The van der Waals surface area contributed by atoms with Crippen LogP contribution in [0.15, 0.2) is 0 Å². The summed E-state index contributed by atoms with van der Waals surface area (Å²) in [4.78, 5) is 23.7. The van der Waals surface area contributed by atoms with E-state index in [9.17, 15) is 9.59 Å². The smallest absolute Gasteiger partial charge is 0.224 e. The molecule has 1 saturated heterocycles. The van der Waals surface area contributed by atoms with Gasteiger partial charge in [0.25, 0.3) is 0 Å². The van der Waals surface area contributed by atoms with Gasteiger partial charge in [0.15, 0.2) is 0 Å². The highest BCUT2D eigenvalue weighted by Crippen LogP contribution is 1.97. The van der Waals surface area contributed by atoms with Gasteiger partial charge in [0.2, 0.25) is 5.91 Å². The van der Waals surface area contributed by atoms with Crippen molar-refractivity contribution in [1.82, 2.24) is 10.2 Å². The molecule has 12 heavy (non-hydrogen) atoms. The van der Waals surface area contributed by atoms with E-state index in [1.165, 1.54) is 6.92 Å². The Bertz CT molecular complexity index is 191. The molecule has 0 unspecified atom stereocenters. The normalized spacial score (nSPS) is 19.1. The maximum absolute atomic E-state index is 11.3. The molecule has 0 aromatic carbocycles. The molecule has 1 amide bonds. The van der Waals surface area contributed by atoms with Gasteiger partial charge in [-0.3, -0.25) is 9.59 Å². The molecule has 0 saturated carbocycles. The van der Waals surface area contributed by atoms with Crippen molar-refractivity contribution in [3.63, 3.8) is 0 Å². The third-order valence-electron chi connectivity index (χ3n) is 1.84. The van der Waals surface area contributed by atoms with Gasteiger partial charge in [-0.05, 0) is 6.92 Å². The van der Waals surface area contributed by atoms with E-state index in [1.54, 1.807) is 4.90 Å². The van der Waals surface area contributed by atoms with E-state index in [1.807, 2.05) is 0 Å². The van der Waals surface area contributed by atoms with Gasteiger partial charge in [-0.15, -0.1) is 0 Å². The molecule has 4 nitrogen and oxygen atoms in total. The Morgan fingerprint density at radius 3 is 3.00 bits per heavy atom. The number of carbonyl (C=O) groups is 2. The molecule has 0 bridgehead atoms. The van der Waals surface area contributed by atoms with E-state index in [0.717, 1.165) is 13.1 Å². The lowest BCUT2D eigenvalue weighted by Crippen LogP contribution is -2.35. The van der Waals surface area contributed by atoms with Crippen LogP contribution in [0.3, 0.4) is 0 Å². The van der Waals surface area contributed by atoms with Crippen molar-refractivity contribution in [2.75, 3.05) is 26.2 Å². The standard InChI is InChI=1S/C8H14N2O2/c1-7(11)6-10-5-4-9-3-2-8(10)12/h9H,2-6H2,1H3. The Morgan fingerprint density at radius 2 is 2.33 bits per heavy atom. The predicted molar refractivity (Wildman–Crippen MR) is 44.7 cm³/mol. The lowest BCUT2D eigenvalue weighted by atomic mass is 10.3. The molecule has 1 N–H and O–H groups in total. The third-order valence-corrected chi connectivity index (χ3v) is 1.84. The van der Waals surface area contributed by atoms with Gasteiger partial charge in [-0.2, -0.15) is 0 Å². The van der Waals surface area contributed by atoms with Crippen LogP contribution >= 0.6 is 0 Å². The molecule has 0 aromatic heterocycles. The Labute approximate surface area is 71.9 Å². The summed E-state index contributed by atoms with van der Waals surface area (Å²) in [6.45, 7) is 3.94. The van der Waals surface area contributed by atoms with Crippen LogP contribution in [-0.2, 0) is 9.59 Å². The van der Waals surface area contributed by atoms with Crippen LogP contribution < -0.4 is 5.32 Å². The molecule has 4 heteroatoms. The number of carbonyl (C=O) groups excluding carboxylic acids is 2. The number of hydrogen-bond donors (Lipinski definition) is 1. The van der Waals surface area contributed by atoms with Crippen molar-refractivity contribution in [3.05, 3.63) is 0 Å². The van der Waals surface area contributed by atoms with Crippen LogP contribution in [0.1, 0.15) is 13.3 Å². The van der Waals surface area contributed by atoms with Crippen molar-refractivity contribution in [2.24, 2.45) is 0 Å². The Morgan fingerprint density at radius 1 is 1.58 bits per heavy atom. The van der Waals surface area contributed by atoms with E-state index >= 15 is 0 Å². The minimum absolute atomic E-state index is 0.0465. The van der Waals surface area contributed by atoms with Crippen molar-refractivity contribution >= 4 is 11.7 Å². The van der Waals surface area contributed by atoms with Gasteiger partial charge in [0, 0.05) is 26.1 Å². The minimum Gasteiger partial charge on any atom is -0.334 e. The second-order valence-electron chi connectivity index (χ2n) is 3.02.